The second kappa shape index (κ2) is 5.44. The number of nitrogens with zero attached hydrogens (tertiary/aromatic N) is 1. The van der Waals surface area contributed by atoms with E-state index in [2.05, 4.69) is 4.90 Å². The Hall–Kier alpha value is -1.49. The molecule has 0 aliphatic carbocycles. The summed E-state index contributed by atoms with van der Waals surface area (Å²) in [4.78, 5) is 2.06. The molecule has 1 aromatic rings. The number of benzene rings is 1. The van der Waals surface area contributed by atoms with Crippen molar-refractivity contribution in [3.8, 4) is 0 Å². The Bertz CT molecular complexity index is 448. The number of nitrogens with one attached hydrogen (secondary N) is 1. The highest BCUT2D eigenvalue weighted by Gasteiger charge is 2.22. The van der Waals surface area contributed by atoms with E-state index in [1.54, 1.807) is 0 Å². The molecule has 1 saturated heterocycles. The molecule has 0 aromatic heterocycles. The molecular weight excluding hydrogens is 236 g/mol. The average Bonchev–Trinajstić information content (AvgIpc) is 2.33. The van der Waals surface area contributed by atoms with Gasteiger partial charge in [0.2, 0.25) is 0 Å². The zero-order chi connectivity index (χ0) is 13.1. The smallest absolute Gasteiger partial charge is 0.130 e. The molecule has 0 amide bonds. The molecular formula is C13H17F2N3. The fourth-order valence-electron chi connectivity index (χ4n) is 2.34. The molecule has 3 N–H and O–H groups in total. The molecule has 0 radical (unpaired) electrons. The van der Waals surface area contributed by atoms with E-state index in [0.717, 1.165) is 25.5 Å². The first kappa shape index (κ1) is 13.0. The van der Waals surface area contributed by atoms with Crippen molar-refractivity contribution >= 4 is 5.84 Å². The lowest BCUT2D eigenvalue weighted by Gasteiger charge is -2.32. The number of rotatable bonds is 3. The van der Waals surface area contributed by atoms with Gasteiger partial charge in [0, 0.05) is 30.6 Å². The minimum Gasteiger partial charge on any atom is -0.387 e. The molecule has 1 unspecified atom stereocenters. The van der Waals surface area contributed by atoms with E-state index in [4.69, 9.17) is 11.1 Å². The number of nitrogens with two attached hydrogens (primary N) is 1. The van der Waals surface area contributed by atoms with Gasteiger partial charge in [0.1, 0.15) is 11.6 Å². The standard InChI is InChI=1S/C13H17F2N3/c14-11-4-3-9(12(15)6-11)7-18-5-1-2-10(8-18)13(16)17/h3-4,6,10H,1-2,5,7-8H2,(H3,16,17). The van der Waals surface area contributed by atoms with E-state index in [1.165, 1.54) is 12.1 Å². The Morgan fingerprint density at radius 1 is 1.44 bits per heavy atom. The fourth-order valence-corrected chi connectivity index (χ4v) is 2.34. The molecule has 0 spiro atoms. The van der Waals surface area contributed by atoms with Crippen LogP contribution < -0.4 is 5.73 Å². The molecule has 1 atom stereocenters. The van der Waals surface area contributed by atoms with Gasteiger partial charge < -0.3 is 5.73 Å². The van der Waals surface area contributed by atoms with Crippen LogP contribution in [0.25, 0.3) is 0 Å². The molecule has 1 aliphatic heterocycles. The lowest BCUT2D eigenvalue weighted by atomic mass is 9.96. The molecule has 0 bridgehead atoms. The van der Waals surface area contributed by atoms with Gasteiger partial charge >= 0.3 is 0 Å². The normalized spacial score (nSPS) is 20.9. The van der Waals surface area contributed by atoms with Crippen molar-refractivity contribution in [2.24, 2.45) is 11.7 Å². The lowest BCUT2D eigenvalue weighted by Crippen LogP contribution is -2.40. The van der Waals surface area contributed by atoms with Crippen molar-refractivity contribution in [1.29, 1.82) is 5.41 Å². The van der Waals surface area contributed by atoms with E-state index in [-0.39, 0.29) is 11.8 Å². The summed E-state index contributed by atoms with van der Waals surface area (Å²) in [5.74, 6) is -0.821. The van der Waals surface area contributed by atoms with Crippen LogP contribution in [0.2, 0.25) is 0 Å². The Kier molecular flexibility index (Phi) is 3.91. The molecule has 1 aromatic carbocycles. The van der Waals surface area contributed by atoms with Crippen LogP contribution in [0, 0.1) is 23.0 Å². The first-order valence-corrected chi connectivity index (χ1v) is 6.06. The summed E-state index contributed by atoms with van der Waals surface area (Å²) in [6, 6.07) is 3.65. The second-order valence-corrected chi connectivity index (χ2v) is 4.77. The van der Waals surface area contributed by atoms with Crippen LogP contribution in [0.1, 0.15) is 18.4 Å². The molecule has 5 heteroatoms. The SMILES string of the molecule is N=C(N)C1CCCN(Cc2ccc(F)cc2F)C1. The van der Waals surface area contributed by atoms with E-state index in [0.29, 0.717) is 18.7 Å². The van der Waals surface area contributed by atoms with Crippen molar-refractivity contribution in [1.82, 2.24) is 4.90 Å². The summed E-state index contributed by atoms with van der Waals surface area (Å²) in [5.41, 5.74) is 5.99. The Morgan fingerprint density at radius 3 is 2.89 bits per heavy atom. The number of halogens is 2. The summed E-state index contributed by atoms with van der Waals surface area (Å²) < 4.78 is 26.3. The highest BCUT2D eigenvalue weighted by atomic mass is 19.1. The fraction of sp³-hybridized carbons (Fsp3) is 0.462. The Morgan fingerprint density at radius 2 is 2.22 bits per heavy atom. The van der Waals surface area contributed by atoms with Gasteiger partial charge in [0.15, 0.2) is 0 Å². The number of piperidine rings is 1. The van der Waals surface area contributed by atoms with Gasteiger partial charge in [-0.2, -0.15) is 0 Å². The van der Waals surface area contributed by atoms with Crippen molar-refractivity contribution in [3.05, 3.63) is 35.4 Å². The molecule has 18 heavy (non-hydrogen) atoms. The van der Waals surface area contributed by atoms with Crippen LogP contribution in [0.4, 0.5) is 8.78 Å². The maximum absolute atomic E-state index is 13.5. The van der Waals surface area contributed by atoms with E-state index >= 15 is 0 Å². The first-order valence-electron chi connectivity index (χ1n) is 6.06. The van der Waals surface area contributed by atoms with E-state index in [1.807, 2.05) is 0 Å². The third kappa shape index (κ3) is 3.04. The highest BCUT2D eigenvalue weighted by Crippen LogP contribution is 2.19. The molecule has 2 rings (SSSR count). The minimum atomic E-state index is -0.559. The summed E-state index contributed by atoms with van der Waals surface area (Å²) >= 11 is 0. The first-order chi connectivity index (χ1) is 8.56. The third-order valence-electron chi connectivity index (χ3n) is 3.35. The van der Waals surface area contributed by atoms with E-state index in [9.17, 15) is 8.78 Å². The van der Waals surface area contributed by atoms with Crippen LogP contribution in [-0.4, -0.2) is 23.8 Å². The van der Waals surface area contributed by atoms with Gasteiger partial charge in [0.05, 0.1) is 5.84 Å². The number of amidine groups is 1. The summed E-state index contributed by atoms with van der Waals surface area (Å²) in [7, 11) is 0. The maximum atomic E-state index is 13.5. The van der Waals surface area contributed by atoms with Crippen LogP contribution in [0.15, 0.2) is 18.2 Å². The van der Waals surface area contributed by atoms with Gasteiger partial charge in [0.25, 0.3) is 0 Å². The monoisotopic (exact) mass is 253 g/mol. The largest absolute Gasteiger partial charge is 0.387 e. The zero-order valence-electron chi connectivity index (χ0n) is 10.1. The van der Waals surface area contributed by atoms with Crippen molar-refractivity contribution in [3.63, 3.8) is 0 Å². The topological polar surface area (TPSA) is 53.1 Å². The molecule has 1 heterocycles. The highest BCUT2D eigenvalue weighted by molar-refractivity contribution is 5.79. The predicted octanol–water partition coefficient (Wildman–Crippen LogP) is 2.11. The number of hydrogen-bond donors (Lipinski definition) is 2. The van der Waals surface area contributed by atoms with Crippen LogP contribution in [0.5, 0.6) is 0 Å². The molecule has 3 nitrogen and oxygen atoms in total. The molecule has 0 saturated carbocycles. The minimum absolute atomic E-state index is 0.0576. The number of likely N-dealkylation sites (tertiary alicyclic amines) is 1. The molecule has 1 aliphatic rings. The quantitative estimate of drug-likeness (QED) is 0.640. The van der Waals surface area contributed by atoms with Crippen LogP contribution in [-0.2, 0) is 6.54 Å². The zero-order valence-corrected chi connectivity index (χ0v) is 10.1. The maximum Gasteiger partial charge on any atom is 0.130 e. The van der Waals surface area contributed by atoms with Gasteiger partial charge in [-0.15, -0.1) is 0 Å². The average molecular weight is 253 g/mol. The van der Waals surface area contributed by atoms with Gasteiger partial charge in [-0.05, 0) is 25.5 Å². The summed E-state index contributed by atoms with van der Waals surface area (Å²) in [6.45, 7) is 1.97. The summed E-state index contributed by atoms with van der Waals surface area (Å²) in [5, 5.41) is 7.46. The Balaban J connectivity index is 2.02. The van der Waals surface area contributed by atoms with Crippen molar-refractivity contribution in [2.75, 3.05) is 13.1 Å². The Labute approximate surface area is 105 Å². The van der Waals surface area contributed by atoms with Gasteiger partial charge in [-0.25, -0.2) is 8.78 Å². The van der Waals surface area contributed by atoms with Crippen LogP contribution >= 0.6 is 0 Å². The summed E-state index contributed by atoms with van der Waals surface area (Å²) in [6.07, 6.45) is 1.87. The molecule has 98 valence electrons. The lowest BCUT2D eigenvalue weighted by molar-refractivity contribution is 0.193. The van der Waals surface area contributed by atoms with Crippen molar-refractivity contribution in [2.45, 2.75) is 19.4 Å². The number of hydrogen-bond acceptors (Lipinski definition) is 2. The van der Waals surface area contributed by atoms with Crippen LogP contribution in [0.3, 0.4) is 0 Å². The van der Waals surface area contributed by atoms with Gasteiger partial charge in [-0.3, -0.25) is 10.3 Å². The predicted molar refractivity (Wildman–Crippen MR) is 66.3 cm³/mol. The van der Waals surface area contributed by atoms with E-state index < -0.39 is 11.6 Å². The van der Waals surface area contributed by atoms with Crippen molar-refractivity contribution < 1.29 is 8.78 Å². The second-order valence-electron chi connectivity index (χ2n) is 4.77. The third-order valence-corrected chi connectivity index (χ3v) is 3.35. The van der Waals surface area contributed by atoms with Gasteiger partial charge in [-0.1, -0.05) is 6.07 Å². The molecule has 1 fully saturated rings.